The molecule has 3 rings (SSSR count). The van der Waals surface area contributed by atoms with Gasteiger partial charge in [-0.2, -0.15) is 5.10 Å². The monoisotopic (exact) mass is 281 g/mol. The zero-order chi connectivity index (χ0) is 14.7. The van der Waals surface area contributed by atoms with Crippen molar-refractivity contribution in [2.75, 3.05) is 0 Å². The molecule has 0 aliphatic carbocycles. The van der Waals surface area contributed by atoms with Crippen LogP contribution >= 0.6 is 0 Å². The van der Waals surface area contributed by atoms with Crippen molar-refractivity contribution in [1.29, 1.82) is 0 Å². The molecular weight excluding hydrogens is 262 g/mol. The number of hydrogen-bond donors (Lipinski definition) is 2. The number of H-pyrrole nitrogens is 1. The minimum absolute atomic E-state index is 0.0870. The lowest BCUT2D eigenvalue weighted by Gasteiger charge is -2.18. The molecule has 1 unspecified atom stereocenters. The minimum atomic E-state index is 0.0870. The molecule has 108 valence electrons. The molecule has 0 aliphatic heterocycles. The molecule has 1 aromatic carbocycles. The molecule has 2 heterocycles. The Kier molecular flexibility index (Phi) is 3.83. The van der Waals surface area contributed by atoms with Crippen LogP contribution in [-0.4, -0.2) is 19.7 Å². The first-order valence-electron chi connectivity index (χ1n) is 7.00. The lowest BCUT2D eigenvalue weighted by Crippen LogP contribution is -2.23. The topological polar surface area (TPSA) is 58.5 Å². The number of aromatic amines is 1. The molecule has 0 fully saturated rings. The van der Waals surface area contributed by atoms with E-state index in [1.165, 1.54) is 5.56 Å². The zero-order valence-electron chi connectivity index (χ0n) is 12.2. The maximum Gasteiger partial charge on any atom is 0.0922 e. The van der Waals surface area contributed by atoms with Crippen LogP contribution in [0.2, 0.25) is 0 Å². The number of hydrogen-bond acceptors (Lipinski definition) is 3. The predicted molar refractivity (Wildman–Crippen MR) is 81.7 cm³/mol. The first-order valence-corrected chi connectivity index (χ1v) is 7.00. The van der Waals surface area contributed by atoms with Gasteiger partial charge in [-0.05, 0) is 18.6 Å². The Morgan fingerprint density at radius 3 is 2.71 bits per heavy atom. The number of nitrogens with one attached hydrogen (secondary N) is 2. The molecule has 5 nitrogen and oxygen atoms in total. The van der Waals surface area contributed by atoms with Crippen molar-refractivity contribution in [3.63, 3.8) is 0 Å². The van der Waals surface area contributed by atoms with E-state index < -0.39 is 0 Å². The number of imidazole rings is 1. The molecule has 1 atom stereocenters. The van der Waals surface area contributed by atoms with E-state index in [0.29, 0.717) is 0 Å². The minimum Gasteiger partial charge on any atom is -0.347 e. The molecule has 0 aliphatic rings. The van der Waals surface area contributed by atoms with Crippen LogP contribution in [-0.2, 0) is 13.6 Å². The Morgan fingerprint density at radius 1 is 1.29 bits per heavy atom. The lowest BCUT2D eigenvalue weighted by atomic mass is 10.0. The van der Waals surface area contributed by atoms with E-state index in [9.17, 15) is 0 Å². The zero-order valence-corrected chi connectivity index (χ0v) is 12.2. The summed E-state index contributed by atoms with van der Waals surface area (Å²) in [5.74, 6) is 0. The van der Waals surface area contributed by atoms with Gasteiger partial charge in [0.15, 0.2) is 0 Å². The maximum atomic E-state index is 4.38. The van der Waals surface area contributed by atoms with Gasteiger partial charge >= 0.3 is 0 Å². The first kappa shape index (κ1) is 13.6. The van der Waals surface area contributed by atoms with E-state index in [0.717, 1.165) is 23.6 Å². The van der Waals surface area contributed by atoms with E-state index in [1.54, 1.807) is 6.33 Å². The van der Waals surface area contributed by atoms with Gasteiger partial charge in [-0.15, -0.1) is 0 Å². The van der Waals surface area contributed by atoms with Gasteiger partial charge in [-0.3, -0.25) is 10.00 Å². The summed E-state index contributed by atoms with van der Waals surface area (Å²) in [6.07, 6.45) is 3.57. The number of rotatable bonds is 5. The van der Waals surface area contributed by atoms with Crippen molar-refractivity contribution >= 4 is 0 Å². The second-order valence-corrected chi connectivity index (χ2v) is 5.13. The van der Waals surface area contributed by atoms with Gasteiger partial charge in [-0.1, -0.05) is 30.3 Å². The van der Waals surface area contributed by atoms with Gasteiger partial charge in [0.2, 0.25) is 0 Å². The van der Waals surface area contributed by atoms with Crippen LogP contribution in [0.15, 0.2) is 48.9 Å². The van der Waals surface area contributed by atoms with Crippen LogP contribution in [0, 0.1) is 6.92 Å². The molecule has 0 bridgehead atoms. The third-order valence-electron chi connectivity index (χ3n) is 3.55. The average molecular weight is 281 g/mol. The summed E-state index contributed by atoms with van der Waals surface area (Å²) >= 11 is 0. The van der Waals surface area contributed by atoms with Gasteiger partial charge in [-0.25, -0.2) is 4.98 Å². The standard InChI is InChI=1S/C16H19N5/c1-12-8-14(21(2)20-12)9-18-16(15-10-17-11-19-15)13-6-4-3-5-7-13/h3-8,10-11,16,18H,9H2,1-2H3,(H,17,19). The average Bonchev–Trinajstić information content (AvgIpc) is 3.11. The Bertz CT molecular complexity index is 685. The van der Waals surface area contributed by atoms with E-state index >= 15 is 0 Å². The van der Waals surface area contributed by atoms with Crippen molar-refractivity contribution in [2.24, 2.45) is 7.05 Å². The largest absolute Gasteiger partial charge is 0.347 e. The Morgan fingerprint density at radius 2 is 2.10 bits per heavy atom. The highest BCUT2D eigenvalue weighted by Crippen LogP contribution is 2.20. The van der Waals surface area contributed by atoms with Crippen LogP contribution in [0.25, 0.3) is 0 Å². The highest BCUT2D eigenvalue weighted by molar-refractivity contribution is 5.26. The van der Waals surface area contributed by atoms with Gasteiger partial charge in [0.1, 0.15) is 0 Å². The van der Waals surface area contributed by atoms with Crippen LogP contribution in [0.1, 0.15) is 28.7 Å². The summed E-state index contributed by atoms with van der Waals surface area (Å²) in [7, 11) is 1.97. The molecule has 21 heavy (non-hydrogen) atoms. The molecule has 0 saturated heterocycles. The smallest absolute Gasteiger partial charge is 0.0922 e. The molecule has 0 radical (unpaired) electrons. The van der Waals surface area contributed by atoms with Crippen molar-refractivity contribution in [3.8, 4) is 0 Å². The fourth-order valence-electron chi connectivity index (χ4n) is 2.51. The van der Waals surface area contributed by atoms with Gasteiger partial charge in [0.25, 0.3) is 0 Å². The van der Waals surface area contributed by atoms with Crippen molar-refractivity contribution in [2.45, 2.75) is 19.5 Å². The van der Waals surface area contributed by atoms with E-state index in [4.69, 9.17) is 0 Å². The molecule has 3 aromatic rings. The molecule has 0 amide bonds. The normalized spacial score (nSPS) is 12.5. The summed E-state index contributed by atoms with van der Waals surface area (Å²) in [6, 6.07) is 12.5. The van der Waals surface area contributed by atoms with Gasteiger partial charge in [0.05, 0.1) is 29.5 Å². The SMILES string of the molecule is Cc1cc(CNC(c2ccccc2)c2cnc[nH]2)n(C)n1. The lowest BCUT2D eigenvalue weighted by molar-refractivity contribution is 0.563. The second kappa shape index (κ2) is 5.93. The number of nitrogens with zero attached hydrogens (tertiary/aromatic N) is 3. The summed E-state index contributed by atoms with van der Waals surface area (Å²) in [5.41, 5.74) is 4.46. The summed E-state index contributed by atoms with van der Waals surface area (Å²) < 4.78 is 1.91. The number of aryl methyl sites for hydroxylation is 2. The van der Waals surface area contributed by atoms with E-state index in [2.05, 4.69) is 50.7 Å². The number of benzene rings is 1. The molecule has 2 aromatic heterocycles. The van der Waals surface area contributed by atoms with Gasteiger partial charge < -0.3 is 4.98 Å². The van der Waals surface area contributed by atoms with Crippen molar-refractivity contribution in [3.05, 3.63) is 71.6 Å². The third-order valence-corrected chi connectivity index (χ3v) is 3.55. The van der Waals surface area contributed by atoms with Gasteiger partial charge in [0, 0.05) is 19.8 Å². The Labute approximate surface area is 124 Å². The molecule has 0 spiro atoms. The van der Waals surface area contributed by atoms with Crippen LogP contribution in [0.3, 0.4) is 0 Å². The number of aromatic nitrogens is 4. The summed E-state index contributed by atoms with van der Waals surface area (Å²) in [5, 5.41) is 7.96. The quantitative estimate of drug-likeness (QED) is 0.754. The van der Waals surface area contributed by atoms with Crippen molar-refractivity contribution in [1.82, 2.24) is 25.1 Å². The highest BCUT2D eigenvalue weighted by Gasteiger charge is 2.15. The highest BCUT2D eigenvalue weighted by atomic mass is 15.3. The van der Waals surface area contributed by atoms with Crippen LogP contribution in [0.5, 0.6) is 0 Å². The van der Waals surface area contributed by atoms with Crippen molar-refractivity contribution < 1.29 is 0 Å². The van der Waals surface area contributed by atoms with Crippen LogP contribution < -0.4 is 5.32 Å². The fourth-order valence-corrected chi connectivity index (χ4v) is 2.51. The Hall–Kier alpha value is -2.40. The Balaban J connectivity index is 1.82. The second-order valence-electron chi connectivity index (χ2n) is 5.13. The van der Waals surface area contributed by atoms with E-state index in [-0.39, 0.29) is 6.04 Å². The van der Waals surface area contributed by atoms with Crippen LogP contribution in [0.4, 0.5) is 0 Å². The molecule has 5 heteroatoms. The molecule has 2 N–H and O–H groups in total. The third kappa shape index (κ3) is 3.03. The predicted octanol–water partition coefficient (Wildman–Crippen LogP) is 2.33. The molecule has 0 saturated carbocycles. The fraction of sp³-hybridized carbons (Fsp3) is 0.250. The summed E-state index contributed by atoms with van der Waals surface area (Å²) in [4.78, 5) is 7.33. The first-order chi connectivity index (χ1) is 10.2. The maximum absolute atomic E-state index is 4.38. The summed E-state index contributed by atoms with van der Waals surface area (Å²) in [6.45, 7) is 2.75. The molecular formula is C16H19N5. The van der Waals surface area contributed by atoms with E-state index in [1.807, 2.05) is 30.9 Å².